The molecule has 0 radical (unpaired) electrons. The van der Waals surface area contributed by atoms with Crippen LogP contribution in [0.25, 0.3) is 0 Å². The van der Waals surface area contributed by atoms with Crippen LogP contribution in [0.4, 0.5) is 4.79 Å². The van der Waals surface area contributed by atoms with E-state index in [1.165, 1.54) is 0 Å². The van der Waals surface area contributed by atoms with Gasteiger partial charge in [-0.2, -0.15) is 5.10 Å². The van der Waals surface area contributed by atoms with E-state index < -0.39 is 18.0 Å². The Bertz CT molecular complexity index is 405. The van der Waals surface area contributed by atoms with Crippen molar-refractivity contribution in [1.29, 1.82) is 0 Å². The van der Waals surface area contributed by atoms with E-state index in [1.54, 1.807) is 30.1 Å². The lowest BCUT2D eigenvalue weighted by Gasteiger charge is -2.20. The number of rotatable bonds is 7. The molecule has 0 bridgehead atoms. The maximum atomic E-state index is 11.6. The lowest BCUT2D eigenvalue weighted by Crippen LogP contribution is -2.49. The largest absolute Gasteiger partial charge is 0.480 e. The Balaban J connectivity index is 2.34. The molecule has 0 aliphatic carbocycles. The van der Waals surface area contributed by atoms with Gasteiger partial charge in [-0.3, -0.25) is 4.68 Å². The van der Waals surface area contributed by atoms with Crippen LogP contribution in [0.3, 0.4) is 0 Å². The minimum atomic E-state index is -1.02. The van der Waals surface area contributed by atoms with Gasteiger partial charge in [0.1, 0.15) is 6.04 Å². The van der Waals surface area contributed by atoms with Crippen molar-refractivity contribution in [2.24, 2.45) is 5.92 Å². The molecule has 1 aromatic rings. The van der Waals surface area contributed by atoms with E-state index in [-0.39, 0.29) is 5.92 Å². The molecular weight excluding hydrogens is 248 g/mol. The topological polar surface area (TPSA) is 96.3 Å². The zero-order valence-electron chi connectivity index (χ0n) is 11.2. The summed E-state index contributed by atoms with van der Waals surface area (Å²) < 4.78 is 1.68. The number of hydrogen-bond acceptors (Lipinski definition) is 3. The number of carbonyl (C=O) groups is 2. The van der Waals surface area contributed by atoms with Crippen molar-refractivity contribution in [3.8, 4) is 0 Å². The monoisotopic (exact) mass is 268 g/mol. The minimum absolute atomic E-state index is 0.116. The second-order valence-electron chi connectivity index (χ2n) is 4.37. The second-order valence-corrected chi connectivity index (χ2v) is 4.37. The fraction of sp³-hybridized carbons (Fsp3) is 0.583. The minimum Gasteiger partial charge on any atom is -0.480 e. The lowest BCUT2D eigenvalue weighted by atomic mass is 9.99. The molecule has 0 spiro atoms. The highest BCUT2D eigenvalue weighted by Crippen LogP contribution is 2.07. The van der Waals surface area contributed by atoms with Crippen LogP contribution < -0.4 is 10.6 Å². The molecule has 1 aromatic heterocycles. The number of nitrogens with one attached hydrogen (secondary N) is 2. The molecule has 7 heteroatoms. The Hall–Kier alpha value is -2.05. The first kappa shape index (κ1) is 15.0. The highest BCUT2D eigenvalue weighted by Gasteiger charge is 2.24. The molecular formula is C12H20N4O3. The number of hydrogen-bond donors (Lipinski definition) is 3. The number of carbonyl (C=O) groups excluding carboxylic acids is 1. The van der Waals surface area contributed by atoms with Crippen LogP contribution in [0.5, 0.6) is 0 Å². The number of amides is 2. The molecule has 2 amide bonds. The molecule has 19 heavy (non-hydrogen) atoms. The van der Waals surface area contributed by atoms with Crippen molar-refractivity contribution in [1.82, 2.24) is 20.4 Å². The number of carboxylic acids is 1. The first-order valence-corrected chi connectivity index (χ1v) is 6.29. The Morgan fingerprint density at radius 1 is 1.47 bits per heavy atom. The van der Waals surface area contributed by atoms with E-state index in [9.17, 15) is 9.59 Å². The average Bonchev–Trinajstić information content (AvgIpc) is 2.87. The molecule has 0 saturated heterocycles. The maximum Gasteiger partial charge on any atom is 0.326 e. The van der Waals surface area contributed by atoms with Crippen molar-refractivity contribution in [2.75, 3.05) is 6.54 Å². The van der Waals surface area contributed by atoms with Crippen LogP contribution in [-0.2, 0) is 11.3 Å². The highest BCUT2D eigenvalue weighted by atomic mass is 16.4. The molecule has 106 valence electrons. The zero-order valence-corrected chi connectivity index (χ0v) is 11.2. The van der Waals surface area contributed by atoms with Gasteiger partial charge in [0.15, 0.2) is 0 Å². The van der Waals surface area contributed by atoms with Crippen LogP contribution >= 0.6 is 0 Å². The maximum absolute atomic E-state index is 11.6. The molecule has 0 aromatic carbocycles. The SMILES string of the molecule is CCC(C)C(NC(=O)NCCn1cccn1)C(=O)O. The quantitative estimate of drug-likeness (QED) is 0.677. The third-order valence-electron chi connectivity index (χ3n) is 2.95. The number of nitrogens with zero attached hydrogens (tertiary/aromatic N) is 2. The van der Waals surface area contributed by atoms with Crippen molar-refractivity contribution >= 4 is 12.0 Å². The van der Waals surface area contributed by atoms with Crippen LogP contribution in [0.1, 0.15) is 20.3 Å². The number of urea groups is 1. The van der Waals surface area contributed by atoms with Gasteiger partial charge in [0.05, 0.1) is 6.54 Å². The van der Waals surface area contributed by atoms with E-state index in [0.29, 0.717) is 19.5 Å². The Kier molecular flexibility index (Phi) is 5.84. The van der Waals surface area contributed by atoms with E-state index in [0.717, 1.165) is 0 Å². The number of aromatic nitrogens is 2. The summed E-state index contributed by atoms with van der Waals surface area (Å²) in [6.07, 6.45) is 4.13. The summed E-state index contributed by atoms with van der Waals surface area (Å²) in [7, 11) is 0. The fourth-order valence-electron chi connectivity index (χ4n) is 1.59. The zero-order chi connectivity index (χ0) is 14.3. The summed E-state index contributed by atoms with van der Waals surface area (Å²) in [6, 6.07) is 0.457. The van der Waals surface area contributed by atoms with Crippen LogP contribution in [0.2, 0.25) is 0 Å². The van der Waals surface area contributed by atoms with Crippen molar-refractivity contribution in [2.45, 2.75) is 32.9 Å². The number of aliphatic carboxylic acids is 1. The summed E-state index contributed by atoms with van der Waals surface area (Å²) in [5.41, 5.74) is 0. The van der Waals surface area contributed by atoms with Crippen LogP contribution in [0.15, 0.2) is 18.5 Å². The van der Waals surface area contributed by atoms with Gasteiger partial charge >= 0.3 is 12.0 Å². The van der Waals surface area contributed by atoms with E-state index in [4.69, 9.17) is 5.11 Å². The van der Waals surface area contributed by atoms with Gasteiger partial charge in [-0.05, 0) is 12.0 Å². The molecule has 1 rings (SSSR count). The fourth-order valence-corrected chi connectivity index (χ4v) is 1.59. The Morgan fingerprint density at radius 2 is 2.21 bits per heavy atom. The predicted octanol–water partition coefficient (Wildman–Crippen LogP) is 0.682. The summed E-state index contributed by atoms with van der Waals surface area (Å²) >= 11 is 0. The lowest BCUT2D eigenvalue weighted by molar-refractivity contribution is -0.140. The van der Waals surface area contributed by atoms with E-state index in [1.807, 2.05) is 6.92 Å². The van der Waals surface area contributed by atoms with Gasteiger partial charge in [0.2, 0.25) is 0 Å². The Morgan fingerprint density at radius 3 is 2.74 bits per heavy atom. The highest BCUT2D eigenvalue weighted by molar-refractivity contribution is 5.82. The molecule has 2 atom stereocenters. The predicted molar refractivity (Wildman–Crippen MR) is 69.6 cm³/mol. The normalized spacial score (nSPS) is 13.6. The standard InChI is InChI=1S/C12H20N4O3/c1-3-9(2)10(11(17)18)15-12(19)13-6-8-16-7-4-5-14-16/h4-5,7,9-10H,3,6,8H2,1-2H3,(H,17,18)(H2,13,15,19). The molecule has 1 heterocycles. The molecule has 3 N–H and O–H groups in total. The summed E-state index contributed by atoms with van der Waals surface area (Å²) in [5, 5.41) is 18.1. The number of carboxylic acid groups (broad SMARTS) is 1. The van der Waals surface area contributed by atoms with E-state index >= 15 is 0 Å². The van der Waals surface area contributed by atoms with E-state index in [2.05, 4.69) is 15.7 Å². The van der Waals surface area contributed by atoms with Gasteiger partial charge in [0.25, 0.3) is 0 Å². The molecule has 0 fully saturated rings. The third-order valence-corrected chi connectivity index (χ3v) is 2.95. The summed E-state index contributed by atoms with van der Waals surface area (Å²) in [5.74, 6) is -1.13. The molecule has 0 aliphatic heterocycles. The van der Waals surface area contributed by atoms with Crippen molar-refractivity contribution in [3.63, 3.8) is 0 Å². The van der Waals surface area contributed by atoms with Crippen LogP contribution in [-0.4, -0.2) is 39.5 Å². The molecule has 0 aliphatic rings. The molecule has 2 unspecified atom stereocenters. The van der Waals surface area contributed by atoms with Gasteiger partial charge in [-0.15, -0.1) is 0 Å². The second kappa shape index (κ2) is 7.40. The smallest absolute Gasteiger partial charge is 0.326 e. The third kappa shape index (κ3) is 4.99. The van der Waals surface area contributed by atoms with Gasteiger partial charge in [-0.25, -0.2) is 9.59 Å². The Labute approximate surface area is 112 Å². The molecule has 0 saturated carbocycles. The first-order chi connectivity index (χ1) is 9.04. The van der Waals surface area contributed by atoms with Gasteiger partial charge in [0, 0.05) is 18.9 Å². The van der Waals surface area contributed by atoms with Crippen molar-refractivity contribution < 1.29 is 14.7 Å². The first-order valence-electron chi connectivity index (χ1n) is 6.29. The van der Waals surface area contributed by atoms with Crippen LogP contribution in [0, 0.1) is 5.92 Å². The van der Waals surface area contributed by atoms with Crippen molar-refractivity contribution in [3.05, 3.63) is 18.5 Å². The average molecular weight is 268 g/mol. The van der Waals surface area contributed by atoms with Gasteiger partial charge < -0.3 is 15.7 Å². The van der Waals surface area contributed by atoms with Gasteiger partial charge in [-0.1, -0.05) is 20.3 Å². The summed E-state index contributed by atoms with van der Waals surface area (Å²) in [6.45, 7) is 4.61. The molecule has 7 nitrogen and oxygen atoms in total. The summed E-state index contributed by atoms with van der Waals surface area (Å²) in [4.78, 5) is 22.6.